The minimum Gasteiger partial charge on any atom is -0.508 e. The third-order valence-corrected chi connectivity index (χ3v) is 1.16. The van der Waals surface area contributed by atoms with E-state index in [-0.39, 0.29) is 6.29 Å². The summed E-state index contributed by atoms with van der Waals surface area (Å²) in [6, 6.07) is 8.71. The zero-order valence-corrected chi connectivity index (χ0v) is 8.72. The van der Waals surface area contributed by atoms with Crippen LogP contribution in [-0.4, -0.2) is 15.2 Å². The van der Waals surface area contributed by atoms with E-state index in [0.717, 1.165) is 0 Å². The van der Waals surface area contributed by atoms with E-state index in [4.69, 9.17) is 39.9 Å². The summed E-state index contributed by atoms with van der Waals surface area (Å²) in [6.07, 6.45) is 0.234. The number of aromatic hydroxyl groups is 1. The van der Waals surface area contributed by atoms with E-state index in [1.165, 1.54) is 0 Å². The maximum atomic E-state index is 9.43. The number of alkyl halides is 3. The lowest BCUT2D eigenvalue weighted by Gasteiger charge is -1.93. The third-order valence-electron chi connectivity index (χ3n) is 0.890. The van der Waals surface area contributed by atoms with Crippen LogP contribution in [0.2, 0.25) is 0 Å². The first-order valence-electron chi connectivity index (χ1n) is 3.23. The zero-order chi connectivity index (χ0) is 10.3. The fourth-order valence-corrected chi connectivity index (χ4v) is 0.428. The molecule has 2 nitrogen and oxygen atoms in total. The van der Waals surface area contributed by atoms with Gasteiger partial charge < -0.3 is 5.11 Å². The number of hydrogen-bond donors (Lipinski definition) is 1. The summed E-state index contributed by atoms with van der Waals surface area (Å²) in [5.74, 6) is 0.322. The second kappa shape index (κ2) is 6.08. The molecule has 0 unspecified atom stereocenters. The Bertz CT molecular complexity index is 243. The highest BCUT2D eigenvalue weighted by Gasteiger charge is 2.16. The number of rotatable bonds is 0. The van der Waals surface area contributed by atoms with Crippen LogP contribution in [0.5, 0.6) is 5.75 Å². The smallest absolute Gasteiger partial charge is 0.245 e. The molecule has 1 aromatic carbocycles. The molecule has 0 saturated carbocycles. The van der Waals surface area contributed by atoms with Crippen molar-refractivity contribution >= 4 is 41.1 Å². The van der Waals surface area contributed by atoms with Gasteiger partial charge in [0, 0.05) is 0 Å². The summed E-state index contributed by atoms with van der Waals surface area (Å²) < 4.78 is -1.72. The largest absolute Gasteiger partial charge is 0.508 e. The molecule has 5 heteroatoms. The van der Waals surface area contributed by atoms with Gasteiger partial charge in [0.25, 0.3) is 0 Å². The van der Waals surface area contributed by atoms with E-state index in [1.54, 1.807) is 24.3 Å². The third kappa shape index (κ3) is 9.47. The van der Waals surface area contributed by atoms with Gasteiger partial charge >= 0.3 is 0 Å². The summed E-state index contributed by atoms with van der Waals surface area (Å²) in [5, 5.41) is 8.63. The molecule has 0 spiro atoms. The highest BCUT2D eigenvalue weighted by atomic mass is 35.6. The Kier molecular flexibility index (Phi) is 5.88. The Morgan fingerprint density at radius 1 is 1.15 bits per heavy atom. The average Bonchev–Trinajstić information content (AvgIpc) is 2.06. The fourth-order valence-electron chi connectivity index (χ4n) is 0.428. The molecule has 1 aromatic rings. The SMILES string of the molecule is O=CC(Cl)(Cl)Cl.Oc1ccccc1. The molecule has 0 fully saturated rings. The maximum absolute atomic E-state index is 9.43. The highest BCUT2D eigenvalue weighted by Crippen LogP contribution is 2.21. The normalized spacial score (nSPS) is 9.77. The van der Waals surface area contributed by atoms with Crippen LogP contribution in [0, 0.1) is 0 Å². The quantitative estimate of drug-likeness (QED) is 0.560. The molecule has 1 N–H and O–H groups in total. The molecule has 0 aromatic heterocycles. The van der Waals surface area contributed by atoms with Gasteiger partial charge in [-0.15, -0.1) is 0 Å². The van der Waals surface area contributed by atoms with Crippen LogP contribution >= 0.6 is 34.8 Å². The number of halogens is 3. The molecular weight excluding hydrogens is 234 g/mol. The number of carbonyl (C=O) groups excluding carboxylic acids is 1. The molecule has 0 aliphatic rings. The molecule has 13 heavy (non-hydrogen) atoms. The van der Waals surface area contributed by atoms with Gasteiger partial charge in [-0.05, 0) is 12.1 Å². The van der Waals surface area contributed by atoms with Gasteiger partial charge in [-0.1, -0.05) is 53.0 Å². The van der Waals surface area contributed by atoms with Crippen molar-refractivity contribution in [2.24, 2.45) is 0 Å². The number of phenolic OH excluding ortho intramolecular Hbond substituents is 1. The minimum atomic E-state index is -1.72. The molecule has 1 rings (SSSR count). The van der Waals surface area contributed by atoms with Crippen LogP contribution in [-0.2, 0) is 4.79 Å². The van der Waals surface area contributed by atoms with Gasteiger partial charge in [-0.3, -0.25) is 4.79 Å². The van der Waals surface area contributed by atoms with E-state index < -0.39 is 3.79 Å². The predicted molar refractivity (Wildman–Crippen MR) is 54.5 cm³/mol. The Balaban J connectivity index is 0.000000226. The van der Waals surface area contributed by atoms with Gasteiger partial charge in [0.15, 0.2) is 6.29 Å². The molecule has 0 heterocycles. The summed E-state index contributed by atoms with van der Waals surface area (Å²) in [7, 11) is 0. The van der Waals surface area contributed by atoms with Gasteiger partial charge in [-0.2, -0.15) is 0 Å². The number of aldehydes is 1. The Labute approximate surface area is 91.0 Å². The maximum Gasteiger partial charge on any atom is 0.245 e. The van der Waals surface area contributed by atoms with Crippen LogP contribution in [0.25, 0.3) is 0 Å². The first-order chi connectivity index (χ1) is 5.95. The van der Waals surface area contributed by atoms with Crippen molar-refractivity contribution in [1.29, 1.82) is 0 Å². The van der Waals surface area contributed by atoms with Crippen LogP contribution in [0.3, 0.4) is 0 Å². The molecule has 72 valence electrons. The summed E-state index contributed by atoms with van der Waals surface area (Å²) >= 11 is 14.6. The monoisotopic (exact) mass is 240 g/mol. The van der Waals surface area contributed by atoms with E-state index in [9.17, 15) is 4.79 Å². The van der Waals surface area contributed by atoms with E-state index in [2.05, 4.69) is 0 Å². The van der Waals surface area contributed by atoms with Crippen LogP contribution in [0.4, 0.5) is 0 Å². The zero-order valence-electron chi connectivity index (χ0n) is 6.45. The lowest BCUT2D eigenvalue weighted by atomic mass is 10.3. The van der Waals surface area contributed by atoms with Crippen molar-refractivity contribution in [1.82, 2.24) is 0 Å². The van der Waals surface area contributed by atoms with Gasteiger partial charge in [-0.25, -0.2) is 0 Å². The van der Waals surface area contributed by atoms with Crippen LogP contribution < -0.4 is 0 Å². The van der Waals surface area contributed by atoms with E-state index in [0.29, 0.717) is 5.75 Å². The van der Waals surface area contributed by atoms with Gasteiger partial charge in [0.1, 0.15) is 5.75 Å². The number of carbonyl (C=O) groups is 1. The molecule has 0 bridgehead atoms. The van der Waals surface area contributed by atoms with Crippen molar-refractivity contribution in [3.05, 3.63) is 30.3 Å². The van der Waals surface area contributed by atoms with Crippen molar-refractivity contribution in [2.45, 2.75) is 3.79 Å². The summed E-state index contributed by atoms with van der Waals surface area (Å²) in [4.78, 5) is 9.43. The molecule has 0 atom stereocenters. The molecule has 0 aliphatic carbocycles. The fraction of sp³-hybridized carbons (Fsp3) is 0.125. The number of phenols is 1. The summed E-state index contributed by atoms with van der Waals surface area (Å²) in [6.45, 7) is 0. The van der Waals surface area contributed by atoms with Crippen molar-refractivity contribution in [3.8, 4) is 5.75 Å². The number of hydrogen-bond acceptors (Lipinski definition) is 2. The molecular formula is C8H7Cl3O2. The summed E-state index contributed by atoms with van der Waals surface area (Å²) in [5.41, 5.74) is 0. The molecule has 0 saturated heterocycles. The van der Waals surface area contributed by atoms with Crippen molar-refractivity contribution in [3.63, 3.8) is 0 Å². The van der Waals surface area contributed by atoms with Crippen LogP contribution in [0.1, 0.15) is 0 Å². The predicted octanol–water partition coefficient (Wildman–Crippen LogP) is 2.95. The first-order valence-corrected chi connectivity index (χ1v) is 4.36. The lowest BCUT2D eigenvalue weighted by molar-refractivity contribution is -0.107. The van der Waals surface area contributed by atoms with Gasteiger partial charge in [0.2, 0.25) is 3.79 Å². The highest BCUT2D eigenvalue weighted by molar-refractivity contribution is 6.74. The van der Waals surface area contributed by atoms with Crippen molar-refractivity contribution < 1.29 is 9.90 Å². The van der Waals surface area contributed by atoms with E-state index >= 15 is 0 Å². The minimum absolute atomic E-state index is 0.234. The Morgan fingerprint density at radius 2 is 1.54 bits per heavy atom. The molecule has 0 radical (unpaired) electrons. The second-order valence-electron chi connectivity index (χ2n) is 2.00. The van der Waals surface area contributed by atoms with E-state index in [1.807, 2.05) is 6.07 Å². The van der Waals surface area contributed by atoms with Gasteiger partial charge in [0.05, 0.1) is 0 Å². The molecule has 0 aliphatic heterocycles. The molecule has 0 amide bonds. The average molecular weight is 242 g/mol. The van der Waals surface area contributed by atoms with Crippen molar-refractivity contribution in [2.75, 3.05) is 0 Å². The number of para-hydroxylation sites is 1. The lowest BCUT2D eigenvalue weighted by Crippen LogP contribution is -2.00. The van der Waals surface area contributed by atoms with Crippen LogP contribution in [0.15, 0.2) is 30.3 Å². The Hall–Kier alpha value is -0.440. The first kappa shape index (κ1) is 12.6. The standard InChI is InChI=1S/C6H6O.C2HCl3O/c7-6-4-2-1-3-5-6;3-2(4,5)1-6/h1-5,7H;1H. The Morgan fingerprint density at radius 3 is 1.69 bits per heavy atom. The second-order valence-corrected chi connectivity index (χ2v) is 4.36. The number of benzene rings is 1. The topological polar surface area (TPSA) is 37.3 Å².